The lowest BCUT2D eigenvalue weighted by atomic mass is 9.77. The van der Waals surface area contributed by atoms with Crippen molar-refractivity contribution in [2.45, 2.75) is 10.9 Å². The fraction of sp³-hybridized carbons (Fsp3) is 0.615. The molecule has 3 aliphatic rings. The molecule has 3 unspecified atom stereocenters. The lowest BCUT2D eigenvalue weighted by Gasteiger charge is -2.36. The van der Waals surface area contributed by atoms with Gasteiger partial charge in [0.1, 0.15) is 5.60 Å². The number of primary amides is 1. The number of carbonyl (C=O) groups excluding carboxylic acids is 1. The van der Waals surface area contributed by atoms with E-state index in [4.69, 9.17) is 10.6 Å². The van der Waals surface area contributed by atoms with Crippen LogP contribution in [0.15, 0.2) is 22.6 Å². The first-order chi connectivity index (χ1) is 8.90. The first-order valence-electron chi connectivity index (χ1n) is 6.30. The molecule has 4 nitrogen and oxygen atoms in total. The van der Waals surface area contributed by atoms with Gasteiger partial charge in [-0.25, -0.2) is 15.5 Å². The fourth-order valence-electron chi connectivity index (χ4n) is 3.60. The molecule has 1 spiro atoms. The molecule has 3 atom stereocenters. The SMILES string of the molecule is CSC1=CC23ONCC2S(C)(C)CC3C(C(N)=O)=C1. The summed E-state index contributed by atoms with van der Waals surface area (Å²) >= 11 is 1.64. The van der Waals surface area contributed by atoms with Gasteiger partial charge in [0, 0.05) is 28.2 Å². The number of amides is 1. The van der Waals surface area contributed by atoms with Gasteiger partial charge >= 0.3 is 0 Å². The van der Waals surface area contributed by atoms with Gasteiger partial charge in [0.2, 0.25) is 5.91 Å². The van der Waals surface area contributed by atoms with E-state index in [2.05, 4.69) is 24.1 Å². The summed E-state index contributed by atoms with van der Waals surface area (Å²) in [5.41, 5.74) is 9.03. The molecule has 0 aromatic rings. The molecule has 2 fully saturated rings. The number of nitrogens with two attached hydrogens (primary N) is 1. The minimum absolute atomic E-state index is 0.103. The Morgan fingerprint density at radius 1 is 1.63 bits per heavy atom. The predicted molar refractivity (Wildman–Crippen MR) is 82.3 cm³/mol. The largest absolute Gasteiger partial charge is 0.366 e. The second-order valence-corrected chi connectivity index (χ2v) is 10.9. The van der Waals surface area contributed by atoms with Gasteiger partial charge in [-0.2, -0.15) is 0 Å². The van der Waals surface area contributed by atoms with Gasteiger partial charge in [-0.15, -0.1) is 11.8 Å². The maximum Gasteiger partial charge on any atom is 0.245 e. The highest BCUT2D eigenvalue weighted by Crippen LogP contribution is 2.65. The molecule has 0 aromatic carbocycles. The summed E-state index contributed by atoms with van der Waals surface area (Å²) in [7, 11) is -0.804. The third-order valence-corrected chi connectivity index (χ3v) is 8.47. The fourth-order valence-corrected chi connectivity index (χ4v) is 7.47. The van der Waals surface area contributed by atoms with Gasteiger partial charge in [0.25, 0.3) is 0 Å². The summed E-state index contributed by atoms with van der Waals surface area (Å²) in [6, 6.07) is 0. The zero-order chi connectivity index (χ0) is 13.8. The van der Waals surface area contributed by atoms with E-state index in [1.54, 1.807) is 11.8 Å². The van der Waals surface area contributed by atoms with Crippen molar-refractivity contribution in [1.82, 2.24) is 5.48 Å². The Morgan fingerprint density at radius 3 is 3.00 bits per heavy atom. The second-order valence-electron chi connectivity index (χ2n) is 5.85. The summed E-state index contributed by atoms with van der Waals surface area (Å²) in [6.45, 7) is 0.864. The molecule has 0 aromatic heterocycles. The smallest absolute Gasteiger partial charge is 0.245 e. The summed E-state index contributed by atoms with van der Waals surface area (Å²) < 4.78 is 0. The van der Waals surface area contributed by atoms with E-state index >= 15 is 0 Å². The molecule has 3 rings (SSSR count). The lowest BCUT2D eigenvalue weighted by Crippen LogP contribution is -2.45. The monoisotopic (exact) mass is 300 g/mol. The van der Waals surface area contributed by atoms with Crippen LogP contribution >= 0.6 is 21.8 Å². The molecule has 6 heteroatoms. The molecule has 0 saturated carbocycles. The van der Waals surface area contributed by atoms with E-state index in [0.29, 0.717) is 5.25 Å². The molecule has 19 heavy (non-hydrogen) atoms. The van der Waals surface area contributed by atoms with Crippen molar-refractivity contribution in [3.05, 3.63) is 22.6 Å². The molecule has 1 amide bonds. The van der Waals surface area contributed by atoms with Crippen molar-refractivity contribution in [3.63, 3.8) is 0 Å². The standard InChI is InChI=1S/C13H20N2O2S2/c1-18-8-4-9(12(14)16)10-7-19(2,3)11-6-15-17-13(10,11)5-8/h4-5,10-11,15H,6-7H2,1-3H3,(H2,14,16). The van der Waals surface area contributed by atoms with Gasteiger partial charge < -0.3 is 5.73 Å². The van der Waals surface area contributed by atoms with Crippen molar-refractivity contribution in [3.8, 4) is 0 Å². The normalized spacial score (nSPS) is 41.0. The van der Waals surface area contributed by atoms with Gasteiger partial charge in [-0.05, 0) is 36.7 Å². The molecule has 106 valence electrons. The van der Waals surface area contributed by atoms with E-state index in [0.717, 1.165) is 22.8 Å². The molecule has 2 aliphatic heterocycles. The van der Waals surface area contributed by atoms with Crippen LogP contribution in [0.4, 0.5) is 0 Å². The van der Waals surface area contributed by atoms with Crippen molar-refractivity contribution >= 4 is 27.7 Å². The summed E-state index contributed by atoms with van der Waals surface area (Å²) in [6.07, 6.45) is 10.8. The Hall–Kier alpha value is -0.430. The van der Waals surface area contributed by atoms with Crippen LogP contribution in [0.2, 0.25) is 0 Å². The maximum absolute atomic E-state index is 11.8. The third-order valence-electron chi connectivity index (χ3n) is 4.49. The molecular weight excluding hydrogens is 280 g/mol. The van der Waals surface area contributed by atoms with Gasteiger partial charge in [-0.3, -0.25) is 9.63 Å². The number of hydroxylamine groups is 1. The van der Waals surface area contributed by atoms with Crippen LogP contribution in [0.5, 0.6) is 0 Å². The number of nitrogens with one attached hydrogen (secondary N) is 1. The number of rotatable bonds is 2. The van der Waals surface area contributed by atoms with Crippen LogP contribution in [0, 0.1) is 5.92 Å². The molecular formula is C13H20N2O2S2. The number of hydrogen-bond acceptors (Lipinski definition) is 4. The zero-order valence-corrected chi connectivity index (χ0v) is 13.1. The van der Waals surface area contributed by atoms with Gasteiger partial charge in [-0.1, -0.05) is 0 Å². The highest BCUT2D eigenvalue weighted by molar-refractivity contribution is 8.33. The van der Waals surface area contributed by atoms with Crippen LogP contribution in [0.3, 0.4) is 0 Å². The Balaban J connectivity index is 2.14. The van der Waals surface area contributed by atoms with E-state index in [-0.39, 0.29) is 17.4 Å². The minimum Gasteiger partial charge on any atom is -0.366 e. The maximum atomic E-state index is 11.8. The summed E-state index contributed by atoms with van der Waals surface area (Å²) in [4.78, 5) is 18.8. The Labute approximate surface area is 119 Å². The second kappa shape index (κ2) is 4.28. The average molecular weight is 300 g/mol. The van der Waals surface area contributed by atoms with Crippen LogP contribution in [0.1, 0.15) is 0 Å². The van der Waals surface area contributed by atoms with Crippen molar-refractivity contribution in [2.24, 2.45) is 11.7 Å². The van der Waals surface area contributed by atoms with Crippen LogP contribution < -0.4 is 11.2 Å². The first kappa shape index (κ1) is 13.5. The Morgan fingerprint density at radius 2 is 2.37 bits per heavy atom. The minimum atomic E-state index is -0.804. The molecule has 2 heterocycles. The number of allylic oxidation sites excluding steroid dienone is 1. The summed E-state index contributed by atoms with van der Waals surface area (Å²) in [5, 5.41) is 0.454. The third kappa shape index (κ3) is 1.81. The quantitative estimate of drug-likeness (QED) is 0.798. The van der Waals surface area contributed by atoms with E-state index < -0.39 is 10.0 Å². The molecule has 0 radical (unpaired) electrons. The molecule has 0 bridgehead atoms. The van der Waals surface area contributed by atoms with E-state index in [1.165, 1.54) is 0 Å². The molecule has 2 saturated heterocycles. The van der Waals surface area contributed by atoms with E-state index in [9.17, 15) is 4.79 Å². The van der Waals surface area contributed by atoms with Gasteiger partial charge in [0.15, 0.2) is 0 Å². The molecule has 1 aliphatic carbocycles. The highest BCUT2D eigenvalue weighted by Gasteiger charge is 2.62. The van der Waals surface area contributed by atoms with Crippen LogP contribution in [-0.4, -0.2) is 47.8 Å². The van der Waals surface area contributed by atoms with Crippen LogP contribution in [0.25, 0.3) is 0 Å². The zero-order valence-electron chi connectivity index (χ0n) is 11.4. The Bertz CT molecular complexity index is 501. The average Bonchev–Trinajstić information content (AvgIpc) is 2.83. The van der Waals surface area contributed by atoms with Crippen molar-refractivity contribution in [1.29, 1.82) is 0 Å². The highest BCUT2D eigenvalue weighted by atomic mass is 32.3. The predicted octanol–water partition coefficient (Wildman–Crippen LogP) is 0.995. The number of thioether (sulfide) groups is 1. The van der Waals surface area contributed by atoms with E-state index in [1.807, 2.05) is 12.3 Å². The number of hydrogen-bond donors (Lipinski definition) is 2. The van der Waals surface area contributed by atoms with Crippen molar-refractivity contribution in [2.75, 3.05) is 31.1 Å². The van der Waals surface area contributed by atoms with Crippen LogP contribution in [-0.2, 0) is 9.63 Å². The Kier molecular flexibility index (Phi) is 3.05. The summed E-state index contributed by atoms with van der Waals surface area (Å²) in [5.74, 6) is 0.813. The van der Waals surface area contributed by atoms with Gasteiger partial charge in [0.05, 0.1) is 0 Å². The lowest BCUT2D eigenvalue weighted by molar-refractivity contribution is -0.116. The topological polar surface area (TPSA) is 64.3 Å². The van der Waals surface area contributed by atoms with Crippen molar-refractivity contribution < 1.29 is 9.63 Å². The number of carbonyl (C=O) groups is 1. The molecule has 3 N–H and O–H groups in total. The first-order valence-corrected chi connectivity index (χ1v) is 10.2.